The Morgan fingerprint density at radius 1 is 1.19 bits per heavy atom. The van der Waals surface area contributed by atoms with Crippen LogP contribution in [0, 0.1) is 0 Å². The minimum Gasteiger partial charge on any atom is -0.367 e. The largest absolute Gasteiger partial charge is 0.367 e. The quantitative estimate of drug-likeness (QED) is 0.323. The van der Waals surface area contributed by atoms with Gasteiger partial charge >= 0.3 is 0 Å². The molecule has 1 saturated carbocycles. The maximum atomic E-state index is 13.3. The van der Waals surface area contributed by atoms with Gasteiger partial charge in [0.2, 0.25) is 0 Å². The number of fused-ring (bicyclic) bond motifs is 3. The van der Waals surface area contributed by atoms with Gasteiger partial charge in [-0.3, -0.25) is 4.72 Å². The van der Waals surface area contributed by atoms with Crippen molar-refractivity contribution in [3.63, 3.8) is 0 Å². The second-order valence-electron chi connectivity index (χ2n) is 9.36. The lowest BCUT2D eigenvalue weighted by atomic mass is 10.1. The predicted molar refractivity (Wildman–Crippen MR) is 142 cm³/mol. The molecule has 0 bridgehead atoms. The molecule has 1 saturated heterocycles. The summed E-state index contributed by atoms with van der Waals surface area (Å²) >= 11 is 2.49. The Morgan fingerprint density at radius 2 is 1.94 bits per heavy atom. The summed E-state index contributed by atoms with van der Waals surface area (Å²) in [4.78, 5) is 8.14. The molecule has 2 N–H and O–H groups in total. The van der Waals surface area contributed by atoms with E-state index in [1.807, 2.05) is 10.6 Å². The highest BCUT2D eigenvalue weighted by Crippen LogP contribution is 2.41. The summed E-state index contributed by atoms with van der Waals surface area (Å²) in [7, 11) is 0. The van der Waals surface area contributed by atoms with Crippen molar-refractivity contribution in [1.29, 1.82) is 0 Å². The van der Waals surface area contributed by atoms with E-state index in [0.29, 0.717) is 16.3 Å². The Labute approximate surface area is 217 Å². The van der Waals surface area contributed by atoms with Crippen LogP contribution in [0.3, 0.4) is 0 Å². The van der Waals surface area contributed by atoms with E-state index in [2.05, 4.69) is 63.1 Å². The number of nitrogens with zero attached hydrogens (tertiary/aromatic N) is 6. The smallest absolute Gasteiger partial charge is 0.291 e. The summed E-state index contributed by atoms with van der Waals surface area (Å²) in [5, 5.41) is 16.6. The Morgan fingerprint density at radius 3 is 2.61 bits per heavy atom. The number of hydrogen-bond acceptors (Lipinski definition) is 9. The Bertz CT molecular complexity index is 1340. The van der Waals surface area contributed by atoms with Gasteiger partial charge in [0, 0.05) is 48.1 Å². The normalized spacial score (nSPS) is 17.0. The summed E-state index contributed by atoms with van der Waals surface area (Å²) in [6, 6.07) is 6.06. The number of anilines is 1. The number of piperazine rings is 1. The van der Waals surface area contributed by atoms with Crippen LogP contribution in [-0.4, -0.2) is 56.5 Å². The molecule has 1 aliphatic carbocycles. The van der Waals surface area contributed by atoms with Crippen molar-refractivity contribution in [3.8, 4) is 10.7 Å². The molecule has 3 aromatic heterocycles. The lowest BCUT2D eigenvalue weighted by molar-refractivity contribution is 0.150. The van der Waals surface area contributed by atoms with Gasteiger partial charge in [-0.05, 0) is 43.8 Å². The molecule has 12 heteroatoms. The third kappa shape index (κ3) is 5.17. The summed E-state index contributed by atoms with van der Waals surface area (Å²) < 4.78 is 31.9. The first kappa shape index (κ1) is 25.2. The van der Waals surface area contributed by atoms with Crippen molar-refractivity contribution in [2.24, 2.45) is 0 Å². The maximum absolute atomic E-state index is 13.3. The van der Waals surface area contributed by atoms with Crippen LogP contribution in [-0.2, 0) is 0 Å². The molecule has 1 aliphatic heterocycles. The molecule has 192 valence electrons. The molecule has 0 amide bonds. The number of rotatable bonds is 6. The van der Waals surface area contributed by atoms with Crippen molar-refractivity contribution < 1.29 is 8.78 Å². The zero-order valence-corrected chi connectivity index (χ0v) is 22.2. The van der Waals surface area contributed by atoms with Crippen molar-refractivity contribution in [3.05, 3.63) is 29.4 Å². The van der Waals surface area contributed by atoms with Crippen LogP contribution in [0.4, 0.5) is 14.5 Å². The van der Waals surface area contributed by atoms with Crippen LogP contribution >= 0.6 is 23.3 Å². The number of alkyl halides is 2. The van der Waals surface area contributed by atoms with E-state index in [9.17, 15) is 8.78 Å². The molecule has 8 nitrogen and oxygen atoms in total. The van der Waals surface area contributed by atoms with E-state index in [1.54, 1.807) is 18.1 Å². The molecule has 36 heavy (non-hydrogen) atoms. The van der Waals surface area contributed by atoms with Crippen molar-refractivity contribution in [2.45, 2.75) is 56.9 Å². The highest BCUT2D eigenvalue weighted by Gasteiger charge is 2.37. The molecule has 6 rings (SSSR count). The molecule has 4 heterocycles. The Balaban J connectivity index is 0.000000848. The van der Waals surface area contributed by atoms with E-state index in [0.717, 1.165) is 71.8 Å². The van der Waals surface area contributed by atoms with Crippen LogP contribution in [0.25, 0.3) is 27.3 Å². The summed E-state index contributed by atoms with van der Waals surface area (Å²) in [6.45, 7) is 9.98. The fourth-order valence-corrected chi connectivity index (χ4v) is 5.60. The van der Waals surface area contributed by atoms with Crippen molar-refractivity contribution in [1.82, 2.24) is 34.8 Å². The highest BCUT2D eigenvalue weighted by molar-refractivity contribution is 7.97. The molecular weight excluding hydrogens is 502 g/mol. The monoisotopic (exact) mass is 532 g/mol. The first-order valence-corrected chi connectivity index (χ1v) is 13.9. The molecule has 2 fully saturated rings. The van der Waals surface area contributed by atoms with Gasteiger partial charge in [0.15, 0.2) is 15.7 Å². The summed E-state index contributed by atoms with van der Waals surface area (Å²) in [5.74, 6) is 0. The van der Waals surface area contributed by atoms with E-state index < -0.39 is 6.43 Å². The molecule has 0 atom stereocenters. The van der Waals surface area contributed by atoms with E-state index in [4.69, 9.17) is 4.98 Å². The second-order valence-corrected chi connectivity index (χ2v) is 11.2. The van der Waals surface area contributed by atoms with Crippen molar-refractivity contribution in [2.75, 3.05) is 31.1 Å². The molecule has 1 aromatic carbocycles. The zero-order chi connectivity index (χ0) is 25.3. The van der Waals surface area contributed by atoms with E-state index in [1.165, 1.54) is 6.42 Å². The number of aromatic nitrogens is 5. The third-order valence-electron chi connectivity index (χ3n) is 6.08. The fourth-order valence-electron chi connectivity index (χ4n) is 3.98. The zero-order valence-electron chi connectivity index (χ0n) is 20.6. The molecule has 0 unspecified atom stereocenters. The predicted octanol–water partition coefficient (Wildman–Crippen LogP) is 5.31. The SMILES string of the molecule is CC1(NSc2cc(N3CCNCC3)c3c(c2)c(-c2nnc(C(F)F)s2)nc2ccnn23)CC1.CCC. The van der Waals surface area contributed by atoms with Gasteiger partial charge in [0.25, 0.3) is 6.43 Å². The molecule has 0 radical (unpaired) electrons. The molecular formula is C24H30F2N8S2. The topological polar surface area (TPSA) is 83.3 Å². The van der Waals surface area contributed by atoms with Crippen LogP contribution in [0.1, 0.15) is 51.5 Å². The van der Waals surface area contributed by atoms with Gasteiger partial charge in [-0.2, -0.15) is 5.10 Å². The van der Waals surface area contributed by atoms with Gasteiger partial charge in [-0.1, -0.05) is 31.6 Å². The van der Waals surface area contributed by atoms with Gasteiger partial charge in [0.1, 0.15) is 5.69 Å². The summed E-state index contributed by atoms with van der Waals surface area (Å²) in [6.07, 6.45) is 2.60. The first-order valence-electron chi connectivity index (χ1n) is 12.3. The van der Waals surface area contributed by atoms with E-state index >= 15 is 0 Å². The first-order chi connectivity index (χ1) is 17.4. The van der Waals surface area contributed by atoms with Crippen LogP contribution in [0.5, 0.6) is 0 Å². The minimum atomic E-state index is -2.66. The average molecular weight is 533 g/mol. The minimum absolute atomic E-state index is 0.160. The van der Waals surface area contributed by atoms with Gasteiger partial charge in [-0.15, -0.1) is 10.2 Å². The molecule has 4 aromatic rings. The molecule has 0 spiro atoms. The Kier molecular flexibility index (Phi) is 7.38. The summed E-state index contributed by atoms with van der Waals surface area (Å²) in [5.41, 5.74) is 3.31. The van der Waals surface area contributed by atoms with Crippen LogP contribution in [0.15, 0.2) is 29.3 Å². The molecule has 2 aliphatic rings. The van der Waals surface area contributed by atoms with Crippen LogP contribution < -0.4 is 14.9 Å². The Hall–Kier alpha value is -2.41. The maximum Gasteiger partial charge on any atom is 0.291 e. The number of nitrogens with one attached hydrogen (secondary N) is 2. The fraction of sp³-hybridized carbons (Fsp3) is 0.500. The lowest BCUT2D eigenvalue weighted by Gasteiger charge is -2.31. The van der Waals surface area contributed by atoms with Crippen LogP contribution in [0.2, 0.25) is 0 Å². The van der Waals surface area contributed by atoms with Crippen molar-refractivity contribution >= 4 is 45.5 Å². The standard InChI is InChI=1S/C21H22F2N8S2.C3H8/c1-21(3-4-21)29-33-12-10-13-16(19-27-28-20(32-19)18(22)23)26-15-2-5-25-31(15)17(13)14(11-12)30-8-6-24-7-9-30;1-3-2/h2,5,10-11,18,24,29H,3-4,6-9H2,1H3;3H2,1-2H3. The number of halogens is 2. The average Bonchev–Trinajstić information content (AvgIpc) is 3.26. The lowest BCUT2D eigenvalue weighted by Crippen LogP contribution is -2.43. The number of benzene rings is 1. The highest BCUT2D eigenvalue weighted by atomic mass is 32.2. The van der Waals surface area contributed by atoms with E-state index in [-0.39, 0.29) is 10.5 Å². The van der Waals surface area contributed by atoms with Gasteiger partial charge in [-0.25, -0.2) is 18.3 Å². The number of hydrogen-bond donors (Lipinski definition) is 2. The third-order valence-corrected chi connectivity index (χ3v) is 8.09. The second kappa shape index (κ2) is 10.5. The van der Waals surface area contributed by atoms with Gasteiger partial charge < -0.3 is 10.2 Å². The van der Waals surface area contributed by atoms with Gasteiger partial charge in [0.05, 0.1) is 17.4 Å².